The van der Waals surface area contributed by atoms with Crippen LogP contribution in [0, 0.1) is 0 Å². The van der Waals surface area contributed by atoms with Gasteiger partial charge in [0, 0.05) is 17.7 Å². The normalized spacial score (nSPS) is 17.9. The van der Waals surface area contributed by atoms with Gasteiger partial charge in [-0.15, -0.1) is 13.2 Å². The Morgan fingerprint density at radius 1 is 0.739 bits per heavy atom. The average Bonchev–Trinajstić information content (AvgIpc) is 3.18. The number of alkyl halides is 12. The molecule has 1 aliphatic rings. The Labute approximate surface area is 253 Å². The molecule has 3 aromatic carbocycles. The molecule has 1 fully saturated rings. The number of carbonyl (C=O) groups excluding carboxylic acids is 1. The van der Waals surface area contributed by atoms with Crippen LogP contribution in [0.4, 0.5) is 57.5 Å². The molecule has 46 heavy (non-hydrogen) atoms. The highest BCUT2D eigenvalue weighted by atomic mass is 19.4. The molecule has 1 saturated heterocycles. The van der Waals surface area contributed by atoms with E-state index in [4.69, 9.17) is 4.74 Å². The summed E-state index contributed by atoms with van der Waals surface area (Å²) in [6.07, 6.45) is -23.5. The summed E-state index contributed by atoms with van der Waals surface area (Å²) in [6.45, 7) is 3.75. The van der Waals surface area contributed by atoms with E-state index in [1.807, 2.05) is 0 Å². The first kappa shape index (κ1) is 34.8. The van der Waals surface area contributed by atoms with Crippen molar-refractivity contribution in [2.24, 2.45) is 0 Å². The molecule has 3 aromatic rings. The summed E-state index contributed by atoms with van der Waals surface area (Å²) in [4.78, 5) is 13.6. The van der Waals surface area contributed by atoms with Gasteiger partial charge in [0.05, 0.1) is 22.7 Å². The summed E-state index contributed by atoms with van der Waals surface area (Å²) in [7, 11) is 0. The molecule has 1 heterocycles. The number of hydrogen-bond donors (Lipinski definition) is 0. The van der Waals surface area contributed by atoms with E-state index < -0.39 is 83.2 Å². The Kier molecular flexibility index (Phi) is 9.00. The van der Waals surface area contributed by atoms with Gasteiger partial charge in [-0.05, 0) is 72.0 Å². The lowest BCUT2D eigenvalue weighted by molar-refractivity contribution is -0.274. The second-order valence-corrected chi connectivity index (χ2v) is 10.8. The smallest absolute Gasteiger partial charge is 0.439 e. The molecule has 0 aliphatic carbocycles. The highest BCUT2D eigenvalue weighted by Gasteiger charge is 2.44. The van der Waals surface area contributed by atoms with Crippen molar-refractivity contribution in [3.63, 3.8) is 0 Å². The third-order valence-corrected chi connectivity index (χ3v) is 7.26. The summed E-state index contributed by atoms with van der Waals surface area (Å²) in [5.74, 6) is -1.04. The second kappa shape index (κ2) is 11.9. The number of nitrogens with zero attached hydrogens (tertiary/aromatic N) is 1. The largest absolute Gasteiger partial charge is 0.573 e. The maximum absolute atomic E-state index is 13.8. The number of rotatable bonds is 6. The van der Waals surface area contributed by atoms with Crippen molar-refractivity contribution in [2.45, 2.75) is 70.3 Å². The molecule has 2 atom stereocenters. The van der Waals surface area contributed by atoms with Gasteiger partial charge in [-0.3, -0.25) is 4.90 Å². The molecule has 1 aliphatic heterocycles. The quantitative estimate of drug-likeness (QED) is 0.245. The van der Waals surface area contributed by atoms with Crippen molar-refractivity contribution in [1.29, 1.82) is 0 Å². The Morgan fingerprint density at radius 3 is 1.80 bits per heavy atom. The number of benzene rings is 3. The van der Waals surface area contributed by atoms with E-state index in [0.717, 1.165) is 12.1 Å². The summed E-state index contributed by atoms with van der Waals surface area (Å²) in [5, 5.41) is 0. The lowest BCUT2D eigenvalue weighted by atomic mass is 9.89. The third-order valence-electron chi connectivity index (χ3n) is 7.26. The molecular weight excluding hydrogens is 650 g/mol. The van der Waals surface area contributed by atoms with Gasteiger partial charge in [0.15, 0.2) is 0 Å². The molecular formula is C30H23F12NO3. The van der Waals surface area contributed by atoms with Crippen molar-refractivity contribution < 1.29 is 67.0 Å². The van der Waals surface area contributed by atoms with Crippen molar-refractivity contribution in [2.75, 3.05) is 0 Å². The molecule has 4 rings (SSSR count). The fourth-order valence-corrected chi connectivity index (χ4v) is 4.99. The Morgan fingerprint density at radius 2 is 1.30 bits per heavy atom. The maximum Gasteiger partial charge on any atom is 0.573 e. The average molecular weight is 673 g/mol. The number of amides is 1. The van der Waals surface area contributed by atoms with Gasteiger partial charge in [-0.1, -0.05) is 26.0 Å². The molecule has 0 saturated carbocycles. The van der Waals surface area contributed by atoms with Crippen LogP contribution in [0.5, 0.6) is 5.75 Å². The van der Waals surface area contributed by atoms with Crippen molar-refractivity contribution in [3.05, 3.63) is 88.0 Å². The fourth-order valence-electron chi connectivity index (χ4n) is 4.99. The van der Waals surface area contributed by atoms with Crippen LogP contribution >= 0.6 is 0 Å². The zero-order valence-electron chi connectivity index (χ0n) is 23.8. The van der Waals surface area contributed by atoms with Gasteiger partial charge in [0.2, 0.25) is 0 Å². The van der Waals surface area contributed by atoms with E-state index in [1.54, 1.807) is 13.8 Å². The first-order valence-electron chi connectivity index (χ1n) is 13.3. The van der Waals surface area contributed by atoms with Crippen LogP contribution in [0.2, 0.25) is 0 Å². The van der Waals surface area contributed by atoms with Crippen LogP contribution in [0.15, 0.2) is 54.6 Å². The van der Waals surface area contributed by atoms with Gasteiger partial charge in [-0.25, -0.2) is 4.79 Å². The first-order valence-corrected chi connectivity index (χ1v) is 13.3. The van der Waals surface area contributed by atoms with Crippen LogP contribution < -0.4 is 4.74 Å². The number of hydrogen-bond acceptors (Lipinski definition) is 3. The van der Waals surface area contributed by atoms with Gasteiger partial charge in [0.25, 0.3) is 0 Å². The highest BCUT2D eigenvalue weighted by molar-refractivity contribution is 5.77. The molecule has 4 nitrogen and oxygen atoms in total. The lowest BCUT2D eigenvalue weighted by Crippen LogP contribution is -2.32. The minimum absolute atomic E-state index is 0.112. The number of cyclic esters (lactones) is 1. The van der Waals surface area contributed by atoms with Gasteiger partial charge >= 0.3 is 31.0 Å². The van der Waals surface area contributed by atoms with E-state index in [0.29, 0.717) is 34.7 Å². The standard InChI is InChI=1S/C30H23F12NO3/c1-14(2)17-4-7-24(46-30(40,41)42)22(10-17)21-6-5-18(27(31,32)33)12-23(21)25-15(3)43(26(44)45-25)13-16-8-19(28(34,35)36)11-20(9-16)29(37,38)39/h4-12,14-15,25H,13H2,1-3H3/t15?,25-/m0/s1. The number of carbonyl (C=O) groups is 1. The van der Waals surface area contributed by atoms with Gasteiger partial charge < -0.3 is 9.47 Å². The molecule has 1 unspecified atom stereocenters. The molecule has 0 aromatic heterocycles. The molecule has 250 valence electrons. The van der Waals surface area contributed by atoms with E-state index in [-0.39, 0.29) is 23.1 Å². The minimum Gasteiger partial charge on any atom is -0.439 e. The van der Waals surface area contributed by atoms with E-state index >= 15 is 0 Å². The predicted octanol–water partition coefficient (Wildman–Crippen LogP) is 10.5. The summed E-state index contributed by atoms with van der Waals surface area (Å²) in [6, 6.07) is 4.91. The summed E-state index contributed by atoms with van der Waals surface area (Å²) in [5.41, 5.74) is -5.70. The van der Waals surface area contributed by atoms with Gasteiger partial charge in [0.1, 0.15) is 11.9 Å². The monoisotopic (exact) mass is 673 g/mol. The zero-order valence-corrected chi connectivity index (χ0v) is 23.8. The fraction of sp³-hybridized carbons (Fsp3) is 0.367. The molecule has 0 spiro atoms. The van der Waals surface area contributed by atoms with Crippen molar-refractivity contribution in [3.8, 4) is 16.9 Å². The molecule has 1 amide bonds. The third kappa shape index (κ3) is 7.64. The molecule has 0 radical (unpaired) electrons. The predicted molar refractivity (Wildman–Crippen MR) is 138 cm³/mol. The summed E-state index contributed by atoms with van der Waals surface area (Å²) >= 11 is 0. The zero-order chi connectivity index (χ0) is 34.6. The van der Waals surface area contributed by atoms with E-state index in [9.17, 15) is 57.5 Å². The minimum atomic E-state index is -5.20. The van der Waals surface area contributed by atoms with E-state index in [1.165, 1.54) is 19.1 Å². The van der Waals surface area contributed by atoms with Crippen molar-refractivity contribution in [1.82, 2.24) is 4.90 Å². The number of halogens is 12. The van der Waals surface area contributed by atoms with Crippen LogP contribution in [0.3, 0.4) is 0 Å². The lowest BCUT2D eigenvalue weighted by Gasteiger charge is -2.25. The molecule has 0 N–H and O–H groups in total. The molecule has 0 bridgehead atoms. The van der Waals surface area contributed by atoms with Crippen molar-refractivity contribution >= 4 is 6.09 Å². The Hall–Kier alpha value is -4.11. The Balaban J connectivity index is 1.84. The maximum atomic E-state index is 13.8. The highest BCUT2D eigenvalue weighted by Crippen LogP contribution is 2.45. The molecule has 16 heteroatoms. The van der Waals surface area contributed by atoms with E-state index in [2.05, 4.69) is 4.74 Å². The number of ether oxygens (including phenoxy) is 2. The first-order chi connectivity index (χ1) is 21.0. The topological polar surface area (TPSA) is 38.8 Å². The van der Waals surface area contributed by atoms with Crippen LogP contribution in [0.25, 0.3) is 11.1 Å². The van der Waals surface area contributed by atoms with Crippen LogP contribution in [-0.2, 0) is 29.8 Å². The summed E-state index contributed by atoms with van der Waals surface area (Å²) < 4.78 is 171. The SMILES string of the molecule is CC(C)c1ccc(OC(F)(F)F)c(-c2ccc(C(F)(F)F)cc2[C@H]2OC(=O)N(Cc3cc(C(F)(F)F)cc(C(F)(F)F)c3)C2C)c1. The van der Waals surface area contributed by atoms with Gasteiger partial charge in [-0.2, -0.15) is 39.5 Å². The Bertz CT molecular complexity index is 1570. The second-order valence-electron chi connectivity index (χ2n) is 10.8. The van der Waals surface area contributed by atoms with Crippen LogP contribution in [0.1, 0.15) is 66.2 Å². The van der Waals surface area contributed by atoms with Crippen LogP contribution in [-0.4, -0.2) is 23.4 Å².